The number of rotatable bonds is 3. The Hall–Kier alpha value is -3.32. The van der Waals surface area contributed by atoms with Crippen molar-refractivity contribution in [3.05, 3.63) is 72.2 Å². The molecule has 4 rings (SSSR count). The summed E-state index contributed by atoms with van der Waals surface area (Å²) in [6.45, 7) is 3.54. The summed E-state index contributed by atoms with van der Waals surface area (Å²) in [4.78, 5) is 18.8. The predicted molar refractivity (Wildman–Crippen MR) is 107 cm³/mol. The molecule has 0 saturated heterocycles. The van der Waals surface area contributed by atoms with Gasteiger partial charge in [0.15, 0.2) is 0 Å². The molecular weight excluding hydrogens is 374 g/mol. The fraction of sp³-hybridized carbons (Fsp3) is 0.182. The van der Waals surface area contributed by atoms with E-state index in [1.54, 1.807) is 50.5 Å². The highest BCUT2D eigenvalue weighted by molar-refractivity contribution is 5.87. The van der Waals surface area contributed by atoms with Crippen molar-refractivity contribution < 1.29 is 13.6 Å². The molecule has 148 valence electrons. The molecule has 0 atom stereocenters. The number of fused-ring (bicyclic) bond motifs is 1. The lowest BCUT2D eigenvalue weighted by molar-refractivity contribution is -0.133. The molecular formula is C22H20F2N4O. The van der Waals surface area contributed by atoms with Gasteiger partial charge in [-0.2, -0.15) is 0 Å². The molecule has 0 spiro atoms. The maximum atomic E-state index is 13.5. The van der Waals surface area contributed by atoms with Crippen LogP contribution in [-0.4, -0.2) is 25.9 Å². The SMILES string of the molecule is CC(C)(N)C(=O)N1C=Cn2c(nc(-c3ccc(F)cc3)c2-c2ccc(F)cc2)C1. The molecule has 0 unspecified atom stereocenters. The highest BCUT2D eigenvalue weighted by Gasteiger charge is 2.30. The van der Waals surface area contributed by atoms with Gasteiger partial charge in [0.2, 0.25) is 5.91 Å². The smallest absolute Gasteiger partial charge is 0.246 e. The van der Waals surface area contributed by atoms with E-state index in [-0.39, 0.29) is 24.1 Å². The summed E-state index contributed by atoms with van der Waals surface area (Å²) in [5, 5.41) is 0. The van der Waals surface area contributed by atoms with Gasteiger partial charge in [0.25, 0.3) is 0 Å². The molecule has 0 saturated carbocycles. The lowest BCUT2D eigenvalue weighted by Crippen LogP contribution is -2.49. The third-order valence-corrected chi connectivity index (χ3v) is 4.74. The third-order valence-electron chi connectivity index (χ3n) is 4.74. The van der Waals surface area contributed by atoms with Gasteiger partial charge in [0.05, 0.1) is 23.5 Å². The Balaban J connectivity index is 1.85. The number of nitrogens with two attached hydrogens (primary N) is 1. The number of benzene rings is 2. The Labute approximate surface area is 167 Å². The van der Waals surface area contributed by atoms with E-state index in [4.69, 9.17) is 10.7 Å². The minimum atomic E-state index is -1.02. The number of carbonyl (C=O) groups excluding carboxylic acids is 1. The molecule has 2 heterocycles. The predicted octanol–water partition coefficient (Wildman–Crippen LogP) is 4.00. The van der Waals surface area contributed by atoms with Gasteiger partial charge in [-0.05, 0) is 62.4 Å². The van der Waals surface area contributed by atoms with Crippen molar-refractivity contribution in [3.63, 3.8) is 0 Å². The second kappa shape index (κ2) is 6.93. The van der Waals surface area contributed by atoms with Crippen LogP contribution in [0.5, 0.6) is 0 Å². The minimum Gasteiger partial charge on any atom is -0.318 e. The van der Waals surface area contributed by atoms with Crippen molar-refractivity contribution in [1.82, 2.24) is 14.5 Å². The Morgan fingerprint density at radius 3 is 2.07 bits per heavy atom. The summed E-state index contributed by atoms with van der Waals surface area (Å²) in [5.41, 5.74) is 7.78. The van der Waals surface area contributed by atoms with Crippen LogP contribution in [-0.2, 0) is 11.3 Å². The maximum absolute atomic E-state index is 13.5. The molecule has 3 aromatic rings. The fourth-order valence-corrected chi connectivity index (χ4v) is 3.31. The van der Waals surface area contributed by atoms with Gasteiger partial charge in [-0.1, -0.05) is 0 Å². The number of nitrogens with zero attached hydrogens (tertiary/aromatic N) is 3. The summed E-state index contributed by atoms with van der Waals surface area (Å²) >= 11 is 0. The van der Waals surface area contributed by atoms with Crippen LogP contribution in [0.1, 0.15) is 19.7 Å². The quantitative estimate of drug-likeness (QED) is 0.730. The molecule has 5 nitrogen and oxygen atoms in total. The van der Waals surface area contributed by atoms with E-state index < -0.39 is 5.54 Å². The van der Waals surface area contributed by atoms with Crippen molar-refractivity contribution >= 4 is 12.1 Å². The largest absolute Gasteiger partial charge is 0.318 e. The number of imidazole rings is 1. The molecule has 1 aromatic heterocycles. The first-order chi connectivity index (χ1) is 13.7. The van der Waals surface area contributed by atoms with E-state index in [0.29, 0.717) is 11.5 Å². The molecule has 29 heavy (non-hydrogen) atoms. The average molecular weight is 394 g/mol. The molecule has 0 bridgehead atoms. The fourth-order valence-electron chi connectivity index (χ4n) is 3.31. The first-order valence-electron chi connectivity index (χ1n) is 9.15. The van der Waals surface area contributed by atoms with Gasteiger partial charge in [0, 0.05) is 23.5 Å². The van der Waals surface area contributed by atoms with Crippen LogP contribution in [0, 0.1) is 11.6 Å². The summed E-state index contributed by atoms with van der Waals surface area (Å²) in [5.74, 6) is -0.283. The molecule has 2 N–H and O–H groups in total. The Morgan fingerprint density at radius 2 is 1.52 bits per heavy atom. The molecule has 0 aliphatic carbocycles. The van der Waals surface area contributed by atoms with Crippen LogP contribution in [0.3, 0.4) is 0 Å². The van der Waals surface area contributed by atoms with Crippen molar-refractivity contribution in [3.8, 4) is 22.5 Å². The van der Waals surface area contributed by atoms with E-state index in [2.05, 4.69) is 0 Å². The van der Waals surface area contributed by atoms with Gasteiger partial charge < -0.3 is 10.6 Å². The van der Waals surface area contributed by atoms with Gasteiger partial charge in [-0.3, -0.25) is 9.36 Å². The van der Waals surface area contributed by atoms with Gasteiger partial charge in [-0.25, -0.2) is 13.8 Å². The molecule has 7 heteroatoms. The van der Waals surface area contributed by atoms with E-state index in [0.717, 1.165) is 16.8 Å². The van der Waals surface area contributed by atoms with Gasteiger partial charge in [-0.15, -0.1) is 0 Å². The normalized spacial score (nSPS) is 13.5. The first-order valence-corrected chi connectivity index (χ1v) is 9.15. The zero-order valence-electron chi connectivity index (χ0n) is 16.1. The monoisotopic (exact) mass is 394 g/mol. The molecule has 0 radical (unpaired) electrons. The molecule has 2 aromatic carbocycles. The zero-order chi connectivity index (χ0) is 20.8. The number of carbonyl (C=O) groups is 1. The third kappa shape index (κ3) is 3.56. The lowest BCUT2D eigenvalue weighted by Gasteiger charge is -2.28. The Bertz CT molecular complexity index is 1090. The second-order valence-corrected chi connectivity index (χ2v) is 7.56. The number of aromatic nitrogens is 2. The van der Waals surface area contributed by atoms with Crippen molar-refractivity contribution in [2.45, 2.75) is 25.9 Å². The lowest BCUT2D eigenvalue weighted by atomic mass is 10.0. The van der Waals surface area contributed by atoms with Crippen LogP contribution in [0.25, 0.3) is 28.7 Å². The van der Waals surface area contributed by atoms with Gasteiger partial charge >= 0.3 is 0 Å². The molecule has 1 aliphatic rings. The van der Waals surface area contributed by atoms with Crippen molar-refractivity contribution in [2.24, 2.45) is 5.73 Å². The standard InChI is InChI=1S/C22H20F2N4O/c1-22(2,25)21(29)27-11-12-28-18(13-27)26-19(14-3-7-16(23)8-4-14)20(28)15-5-9-17(24)10-6-15/h3-12H,13,25H2,1-2H3. The number of halogens is 2. The molecule has 1 amide bonds. The number of hydrogen-bond donors (Lipinski definition) is 1. The highest BCUT2D eigenvalue weighted by atomic mass is 19.1. The van der Waals surface area contributed by atoms with Gasteiger partial charge in [0.1, 0.15) is 17.5 Å². The zero-order valence-corrected chi connectivity index (χ0v) is 16.1. The number of amides is 1. The minimum absolute atomic E-state index is 0.227. The van der Waals surface area contributed by atoms with E-state index in [1.807, 2.05) is 4.57 Å². The summed E-state index contributed by atoms with van der Waals surface area (Å²) in [7, 11) is 0. The molecule has 0 fully saturated rings. The van der Waals surface area contributed by atoms with Crippen LogP contribution in [0.4, 0.5) is 8.78 Å². The summed E-state index contributed by atoms with van der Waals surface area (Å²) < 4.78 is 28.7. The summed E-state index contributed by atoms with van der Waals surface area (Å²) in [6.07, 6.45) is 3.40. The van der Waals surface area contributed by atoms with Crippen molar-refractivity contribution in [2.75, 3.05) is 0 Å². The first kappa shape index (κ1) is 19.0. The average Bonchev–Trinajstić information content (AvgIpc) is 3.06. The van der Waals surface area contributed by atoms with Crippen LogP contribution >= 0.6 is 0 Å². The second-order valence-electron chi connectivity index (χ2n) is 7.56. The Kier molecular flexibility index (Phi) is 4.55. The van der Waals surface area contributed by atoms with Crippen molar-refractivity contribution in [1.29, 1.82) is 0 Å². The maximum Gasteiger partial charge on any atom is 0.246 e. The number of hydrogen-bond acceptors (Lipinski definition) is 3. The van der Waals surface area contributed by atoms with E-state index in [9.17, 15) is 13.6 Å². The van der Waals surface area contributed by atoms with Crippen LogP contribution in [0.2, 0.25) is 0 Å². The molecule has 1 aliphatic heterocycles. The van der Waals surface area contributed by atoms with E-state index in [1.165, 1.54) is 29.2 Å². The van der Waals surface area contributed by atoms with Crippen LogP contribution in [0.15, 0.2) is 54.7 Å². The summed E-state index contributed by atoms with van der Waals surface area (Å²) in [6, 6.07) is 12.1. The highest BCUT2D eigenvalue weighted by Crippen LogP contribution is 2.35. The van der Waals surface area contributed by atoms with Crippen LogP contribution < -0.4 is 5.73 Å². The topological polar surface area (TPSA) is 64.2 Å². The Morgan fingerprint density at radius 1 is 0.966 bits per heavy atom. The van der Waals surface area contributed by atoms with E-state index >= 15 is 0 Å².